The Balaban J connectivity index is 1.57. The van der Waals surface area contributed by atoms with Crippen LogP contribution >= 0.6 is 0 Å². The smallest absolute Gasteiger partial charge is 0.251 e. The number of hydrogen-bond donors (Lipinski definition) is 3. The van der Waals surface area contributed by atoms with E-state index in [4.69, 9.17) is 5.26 Å². The molecule has 0 saturated heterocycles. The van der Waals surface area contributed by atoms with E-state index in [9.17, 15) is 9.59 Å². The predicted molar refractivity (Wildman–Crippen MR) is 128 cm³/mol. The third kappa shape index (κ3) is 4.84. The summed E-state index contributed by atoms with van der Waals surface area (Å²) in [6.07, 6.45) is 2.44. The number of nitrogens with one attached hydrogen (secondary N) is 3. The molecule has 3 N–H and O–H groups in total. The molecule has 0 fully saturated rings. The Morgan fingerprint density at radius 2 is 1.79 bits per heavy atom. The first-order valence-electron chi connectivity index (χ1n) is 10.8. The van der Waals surface area contributed by atoms with E-state index in [1.165, 1.54) is 0 Å². The number of rotatable bonds is 8. The number of Topliss-reactive ketones (excluding diaryl/α,β-unsaturated/α-hetero) is 1. The van der Waals surface area contributed by atoms with Gasteiger partial charge in [0.1, 0.15) is 0 Å². The summed E-state index contributed by atoms with van der Waals surface area (Å²) in [5, 5.41) is 15.8. The van der Waals surface area contributed by atoms with Gasteiger partial charge in [-0.25, -0.2) is 0 Å². The van der Waals surface area contributed by atoms with E-state index in [-0.39, 0.29) is 11.7 Å². The van der Waals surface area contributed by atoms with Gasteiger partial charge in [-0.3, -0.25) is 9.59 Å². The van der Waals surface area contributed by atoms with Crippen molar-refractivity contribution >= 4 is 22.6 Å². The molecule has 0 spiro atoms. The summed E-state index contributed by atoms with van der Waals surface area (Å²) in [6.45, 7) is 0.598. The molecule has 0 aliphatic rings. The number of carbonyl (C=O) groups is 2. The fourth-order valence-corrected chi connectivity index (χ4v) is 3.89. The van der Waals surface area contributed by atoms with Crippen LogP contribution < -0.4 is 10.6 Å². The molecule has 1 heterocycles. The normalized spacial score (nSPS) is 11.6. The number of fused-ring (bicyclic) bond motifs is 1. The van der Waals surface area contributed by atoms with Gasteiger partial charge in [0.2, 0.25) is 0 Å². The maximum absolute atomic E-state index is 13.6. The lowest BCUT2D eigenvalue weighted by Gasteiger charge is -2.18. The molecule has 164 valence electrons. The topological polar surface area (TPSA) is 97.8 Å². The average molecular weight is 437 g/mol. The second-order valence-electron chi connectivity index (χ2n) is 7.76. The zero-order chi connectivity index (χ0) is 23.2. The van der Waals surface area contributed by atoms with Crippen LogP contribution in [0.2, 0.25) is 0 Å². The summed E-state index contributed by atoms with van der Waals surface area (Å²) in [5.74, 6) is -0.217. The maximum Gasteiger partial charge on any atom is 0.251 e. The summed E-state index contributed by atoms with van der Waals surface area (Å²) < 4.78 is 0. The number of aromatic nitrogens is 1. The monoisotopic (exact) mass is 436 g/mol. The molecule has 1 unspecified atom stereocenters. The summed E-state index contributed by atoms with van der Waals surface area (Å²) in [7, 11) is 1.59. The van der Waals surface area contributed by atoms with Crippen LogP contribution in [-0.4, -0.2) is 30.3 Å². The van der Waals surface area contributed by atoms with Gasteiger partial charge < -0.3 is 15.6 Å². The Labute approximate surface area is 192 Å². The van der Waals surface area contributed by atoms with Crippen molar-refractivity contribution in [2.24, 2.45) is 0 Å². The highest BCUT2D eigenvalue weighted by Gasteiger charge is 2.24. The van der Waals surface area contributed by atoms with Crippen LogP contribution in [0.15, 0.2) is 79.0 Å². The van der Waals surface area contributed by atoms with Gasteiger partial charge >= 0.3 is 0 Å². The van der Waals surface area contributed by atoms with Crippen LogP contribution in [0.25, 0.3) is 10.9 Å². The third-order valence-electron chi connectivity index (χ3n) is 5.68. The minimum absolute atomic E-state index is 0.0417. The zero-order valence-electron chi connectivity index (χ0n) is 18.3. The highest BCUT2D eigenvalue weighted by atomic mass is 16.1. The molecular weight excluding hydrogens is 412 g/mol. The van der Waals surface area contributed by atoms with Crippen LogP contribution in [0.3, 0.4) is 0 Å². The van der Waals surface area contributed by atoms with Crippen LogP contribution in [-0.2, 0) is 6.42 Å². The van der Waals surface area contributed by atoms with Crippen molar-refractivity contribution in [3.05, 3.63) is 107 Å². The molecule has 6 nitrogen and oxygen atoms in total. The Hall–Kier alpha value is -4.21. The fourth-order valence-electron chi connectivity index (χ4n) is 3.89. The molecule has 0 radical (unpaired) electrons. The van der Waals surface area contributed by atoms with E-state index in [0.29, 0.717) is 23.2 Å². The molecule has 1 aromatic heterocycles. The van der Waals surface area contributed by atoms with Crippen molar-refractivity contribution in [2.75, 3.05) is 13.6 Å². The highest BCUT2D eigenvalue weighted by Crippen LogP contribution is 2.26. The van der Waals surface area contributed by atoms with Gasteiger partial charge in [-0.15, -0.1) is 0 Å². The van der Waals surface area contributed by atoms with Crippen molar-refractivity contribution in [1.82, 2.24) is 15.6 Å². The number of nitrogens with zero attached hydrogens (tertiary/aromatic N) is 1. The van der Waals surface area contributed by atoms with Gasteiger partial charge in [-0.2, -0.15) is 5.26 Å². The van der Waals surface area contributed by atoms with Crippen LogP contribution in [0, 0.1) is 11.3 Å². The van der Waals surface area contributed by atoms with Crippen LogP contribution in [0.4, 0.5) is 0 Å². The van der Waals surface area contributed by atoms with Gasteiger partial charge in [0.05, 0.1) is 17.7 Å². The first-order chi connectivity index (χ1) is 16.1. The molecule has 1 atom stereocenters. The second-order valence-corrected chi connectivity index (χ2v) is 7.76. The first-order valence-corrected chi connectivity index (χ1v) is 10.8. The minimum atomic E-state index is -0.512. The fraction of sp³-hybridized carbons (Fsp3) is 0.148. The standard InChI is InChI=1S/C27H24N4O2/c1-29-27(33)21-11-12-22-23(17-31-24(22)15-21)26(32)25(20-5-3-2-4-6-20)30-14-13-18-7-9-19(16-28)10-8-18/h2-12,15,17,25,30-31H,13-14H2,1H3,(H,29,33). The van der Waals surface area contributed by atoms with E-state index in [2.05, 4.69) is 21.7 Å². The Morgan fingerprint density at radius 1 is 1.03 bits per heavy atom. The number of aromatic amines is 1. The number of hydrogen-bond acceptors (Lipinski definition) is 4. The number of carbonyl (C=O) groups excluding carboxylic acids is 2. The lowest BCUT2D eigenvalue weighted by atomic mass is 9.96. The molecule has 0 saturated carbocycles. The third-order valence-corrected chi connectivity index (χ3v) is 5.68. The van der Waals surface area contributed by atoms with Gasteiger partial charge in [-0.1, -0.05) is 48.5 Å². The van der Waals surface area contributed by atoms with Gasteiger partial charge in [-0.05, 0) is 41.8 Å². The van der Waals surface area contributed by atoms with E-state index in [0.717, 1.165) is 28.5 Å². The molecule has 6 heteroatoms. The summed E-state index contributed by atoms with van der Waals surface area (Å²) in [6, 6.07) is 24.0. The minimum Gasteiger partial charge on any atom is -0.360 e. The quantitative estimate of drug-likeness (QED) is 0.361. The SMILES string of the molecule is CNC(=O)c1ccc2c(C(=O)C(NCCc3ccc(C#N)cc3)c3ccccc3)c[nH]c2c1. The van der Waals surface area contributed by atoms with Gasteiger partial charge in [0.15, 0.2) is 5.78 Å². The number of amides is 1. The van der Waals surface area contributed by atoms with Crippen LogP contribution in [0.5, 0.6) is 0 Å². The number of H-pyrrole nitrogens is 1. The molecular formula is C27H24N4O2. The van der Waals surface area contributed by atoms with Crippen LogP contribution in [0.1, 0.15) is 43.4 Å². The average Bonchev–Trinajstić information content (AvgIpc) is 3.30. The first kappa shape index (κ1) is 22.0. The molecule has 3 aromatic carbocycles. The summed E-state index contributed by atoms with van der Waals surface area (Å²) >= 11 is 0. The molecule has 0 aliphatic heterocycles. The lowest BCUT2D eigenvalue weighted by molar-refractivity contribution is 0.0942. The van der Waals surface area contributed by atoms with Gasteiger partial charge in [0, 0.05) is 41.8 Å². The zero-order valence-corrected chi connectivity index (χ0v) is 18.3. The maximum atomic E-state index is 13.6. The van der Waals surface area contributed by atoms with E-state index < -0.39 is 6.04 Å². The molecule has 4 rings (SSSR count). The second kappa shape index (κ2) is 9.94. The van der Waals surface area contributed by atoms with Crippen molar-refractivity contribution in [3.63, 3.8) is 0 Å². The number of nitriles is 1. The highest BCUT2D eigenvalue weighted by molar-refractivity contribution is 6.11. The van der Waals surface area contributed by atoms with Crippen molar-refractivity contribution in [1.29, 1.82) is 5.26 Å². The molecule has 1 amide bonds. The lowest BCUT2D eigenvalue weighted by Crippen LogP contribution is -2.30. The Bertz CT molecular complexity index is 1320. The molecule has 0 bridgehead atoms. The van der Waals surface area contributed by atoms with Crippen molar-refractivity contribution < 1.29 is 9.59 Å². The van der Waals surface area contributed by atoms with Crippen molar-refractivity contribution in [3.8, 4) is 6.07 Å². The summed E-state index contributed by atoms with van der Waals surface area (Å²) in [4.78, 5) is 28.7. The van der Waals surface area contributed by atoms with Gasteiger partial charge in [0.25, 0.3) is 5.91 Å². The Kier molecular flexibility index (Phi) is 6.63. The van der Waals surface area contributed by atoms with Crippen molar-refractivity contribution in [2.45, 2.75) is 12.5 Å². The molecule has 0 aliphatic carbocycles. The largest absolute Gasteiger partial charge is 0.360 e. The number of ketones is 1. The molecule has 33 heavy (non-hydrogen) atoms. The predicted octanol–water partition coefficient (Wildman–Crippen LogP) is 4.16. The van der Waals surface area contributed by atoms with E-state index >= 15 is 0 Å². The number of benzene rings is 3. The Morgan fingerprint density at radius 3 is 2.48 bits per heavy atom. The molecule has 4 aromatic rings. The van der Waals surface area contributed by atoms with E-state index in [1.807, 2.05) is 48.5 Å². The van der Waals surface area contributed by atoms with E-state index in [1.54, 1.807) is 37.5 Å². The summed E-state index contributed by atoms with van der Waals surface area (Å²) in [5.41, 5.74) is 4.46.